The van der Waals surface area contributed by atoms with Crippen LogP contribution >= 0.6 is 15.9 Å². The van der Waals surface area contributed by atoms with E-state index in [1.54, 1.807) is 7.11 Å². The first-order valence-electron chi connectivity index (χ1n) is 8.90. The Hall–Kier alpha value is -1.03. The van der Waals surface area contributed by atoms with Crippen molar-refractivity contribution in [1.29, 1.82) is 0 Å². The zero-order valence-corrected chi connectivity index (χ0v) is 16.3. The fraction of sp³-hybridized carbons (Fsp3) is 0.650. The average molecular weight is 392 g/mol. The van der Waals surface area contributed by atoms with Crippen molar-refractivity contribution < 1.29 is 9.53 Å². The molecular weight excluding hydrogens is 366 g/mol. The molecule has 3 nitrogen and oxygen atoms in total. The predicted molar refractivity (Wildman–Crippen MR) is 98.3 cm³/mol. The first-order valence-corrected chi connectivity index (χ1v) is 9.69. The Morgan fingerprint density at radius 2 is 1.83 bits per heavy atom. The quantitative estimate of drug-likeness (QED) is 0.792. The van der Waals surface area contributed by atoms with Crippen LogP contribution in [-0.4, -0.2) is 18.6 Å². The summed E-state index contributed by atoms with van der Waals surface area (Å²) in [4.78, 5) is 12.9. The molecule has 1 aromatic rings. The van der Waals surface area contributed by atoms with E-state index in [2.05, 4.69) is 35.1 Å². The second kappa shape index (κ2) is 5.23. The van der Waals surface area contributed by atoms with Gasteiger partial charge in [-0.15, -0.1) is 0 Å². The number of benzene rings is 1. The predicted octanol–water partition coefficient (Wildman–Crippen LogP) is 4.94. The monoisotopic (exact) mass is 391 g/mol. The lowest BCUT2D eigenvalue weighted by Crippen LogP contribution is -2.65. The molecule has 0 saturated heterocycles. The summed E-state index contributed by atoms with van der Waals surface area (Å²) in [5, 5.41) is 3.46. The molecule has 0 aliphatic heterocycles. The average Bonchev–Trinajstić information content (AvgIpc) is 2.42. The van der Waals surface area contributed by atoms with Gasteiger partial charge < -0.3 is 10.1 Å². The Labute approximate surface area is 152 Å². The summed E-state index contributed by atoms with van der Waals surface area (Å²) in [5.74, 6) is 1.58. The topological polar surface area (TPSA) is 38.3 Å². The van der Waals surface area contributed by atoms with Crippen molar-refractivity contribution in [2.75, 3.05) is 7.11 Å². The third-order valence-electron chi connectivity index (χ3n) is 6.42. The summed E-state index contributed by atoms with van der Waals surface area (Å²) < 4.78 is 6.08. The molecule has 0 radical (unpaired) electrons. The molecule has 4 aliphatic rings. The zero-order chi connectivity index (χ0) is 17.2. The highest BCUT2D eigenvalue weighted by Crippen LogP contribution is 2.66. The lowest BCUT2D eigenvalue weighted by Gasteiger charge is -2.65. The molecule has 4 saturated carbocycles. The van der Waals surface area contributed by atoms with Crippen LogP contribution in [0.25, 0.3) is 0 Å². The number of amides is 1. The number of nitrogens with one attached hydrogen (secondary N) is 1. The molecule has 0 spiro atoms. The normalized spacial score (nSPS) is 39.8. The minimum Gasteiger partial charge on any atom is -0.496 e. The van der Waals surface area contributed by atoms with Crippen LogP contribution in [0.1, 0.15) is 62.7 Å². The van der Waals surface area contributed by atoms with E-state index in [0.717, 1.165) is 35.4 Å². The maximum absolute atomic E-state index is 12.9. The SMILES string of the molecule is COc1ccc(C(=O)NC23CC4C[C@](C)(C2)C[C@](C)(C4)C3)cc1Br. The number of hydrogen-bond acceptors (Lipinski definition) is 2. The Morgan fingerprint density at radius 3 is 2.38 bits per heavy atom. The van der Waals surface area contributed by atoms with Gasteiger partial charge in [-0.3, -0.25) is 4.79 Å². The van der Waals surface area contributed by atoms with Gasteiger partial charge in [0.05, 0.1) is 11.6 Å². The Balaban J connectivity index is 1.59. The van der Waals surface area contributed by atoms with Crippen LogP contribution in [0.3, 0.4) is 0 Å². The lowest BCUT2D eigenvalue weighted by atomic mass is 9.43. The second-order valence-electron chi connectivity index (χ2n) is 9.21. The van der Waals surface area contributed by atoms with E-state index in [4.69, 9.17) is 4.74 Å². The van der Waals surface area contributed by atoms with Crippen molar-refractivity contribution in [1.82, 2.24) is 5.32 Å². The van der Waals surface area contributed by atoms with Gasteiger partial charge in [0.2, 0.25) is 0 Å². The fourth-order valence-corrected chi connectivity index (χ4v) is 7.25. The van der Waals surface area contributed by atoms with Crippen molar-refractivity contribution in [3.63, 3.8) is 0 Å². The maximum atomic E-state index is 12.9. The molecule has 130 valence electrons. The summed E-state index contributed by atoms with van der Waals surface area (Å²) in [6, 6.07) is 5.56. The van der Waals surface area contributed by atoms with E-state index in [-0.39, 0.29) is 11.4 Å². The van der Waals surface area contributed by atoms with Gasteiger partial charge in [0.25, 0.3) is 5.91 Å². The number of carbonyl (C=O) groups excluding carboxylic acids is 1. The highest BCUT2D eigenvalue weighted by Gasteiger charge is 2.60. The highest BCUT2D eigenvalue weighted by molar-refractivity contribution is 9.10. The minimum atomic E-state index is -0.00754. The first-order chi connectivity index (χ1) is 11.2. The van der Waals surface area contributed by atoms with Crippen LogP contribution in [0, 0.1) is 16.7 Å². The van der Waals surface area contributed by atoms with Gasteiger partial charge in [0.15, 0.2) is 0 Å². The van der Waals surface area contributed by atoms with Crippen molar-refractivity contribution in [2.24, 2.45) is 16.7 Å². The Kier molecular flexibility index (Phi) is 3.58. The second-order valence-corrected chi connectivity index (χ2v) is 10.1. The number of ether oxygens (including phenoxy) is 1. The van der Waals surface area contributed by atoms with Crippen LogP contribution in [0.15, 0.2) is 22.7 Å². The summed E-state index contributed by atoms with van der Waals surface area (Å²) in [6.45, 7) is 4.86. The lowest BCUT2D eigenvalue weighted by molar-refractivity contribution is -0.114. The third kappa shape index (κ3) is 2.67. The number of carbonyl (C=O) groups is 1. The molecule has 5 rings (SSSR count). The molecule has 0 aromatic heterocycles. The molecule has 1 N–H and O–H groups in total. The highest BCUT2D eigenvalue weighted by atomic mass is 79.9. The van der Waals surface area contributed by atoms with Gasteiger partial charge in [-0.25, -0.2) is 0 Å². The minimum absolute atomic E-state index is 0.00754. The fourth-order valence-electron chi connectivity index (χ4n) is 6.71. The van der Waals surface area contributed by atoms with Crippen LogP contribution in [-0.2, 0) is 0 Å². The molecular formula is C20H26BrNO2. The molecule has 0 unspecified atom stereocenters. The Bertz CT molecular complexity index is 683. The van der Waals surface area contributed by atoms with E-state index < -0.39 is 0 Å². The van der Waals surface area contributed by atoms with E-state index in [1.165, 1.54) is 19.3 Å². The molecule has 4 fully saturated rings. The van der Waals surface area contributed by atoms with Gasteiger partial charge in [-0.2, -0.15) is 0 Å². The molecule has 2 atom stereocenters. The van der Waals surface area contributed by atoms with Gasteiger partial charge in [-0.05, 0) is 89.4 Å². The number of methoxy groups -OCH3 is 1. The van der Waals surface area contributed by atoms with Gasteiger partial charge in [-0.1, -0.05) is 13.8 Å². The molecule has 4 aliphatic carbocycles. The van der Waals surface area contributed by atoms with Crippen molar-refractivity contribution in [3.8, 4) is 5.75 Å². The van der Waals surface area contributed by atoms with Crippen LogP contribution in [0.2, 0.25) is 0 Å². The van der Waals surface area contributed by atoms with Gasteiger partial charge >= 0.3 is 0 Å². The third-order valence-corrected chi connectivity index (χ3v) is 7.04. The number of halogens is 1. The van der Waals surface area contributed by atoms with Crippen LogP contribution in [0.4, 0.5) is 0 Å². The Morgan fingerprint density at radius 1 is 1.17 bits per heavy atom. The van der Waals surface area contributed by atoms with Crippen molar-refractivity contribution in [2.45, 2.75) is 57.9 Å². The number of hydrogen-bond donors (Lipinski definition) is 1. The van der Waals surface area contributed by atoms with Crippen LogP contribution < -0.4 is 10.1 Å². The molecule has 1 aromatic carbocycles. The van der Waals surface area contributed by atoms with Crippen molar-refractivity contribution >= 4 is 21.8 Å². The molecule has 4 bridgehead atoms. The first kappa shape index (κ1) is 16.4. The van der Waals surface area contributed by atoms with Gasteiger partial charge in [0, 0.05) is 11.1 Å². The molecule has 1 amide bonds. The van der Waals surface area contributed by atoms with Crippen molar-refractivity contribution in [3.05, 3.63) is 28.2 Å². The summed E-state index contributed by atoms with van der Waals surface area (Å²) in [6.07, 6.45) is 7.43. The summed E-state index contributed by atoms with van der Waals surface area (Å²) in [5.41, 5.74) is 1.50. The zero-order valence-electron chi connectivity index (χ0n) is 14.7. The standard InChI is InChI=1S/C20H26BrNO2/c1-18-7-13-8-19(2,10-18)12-20(9-13,11-18)22-17(23)14-4-5-16(24-3)15(21)6-14/h4-6,13H,7-12H2,1-3H3,(H,22,23)/t13?,18-,19-,20?/m0/s1. The van der Waals surface area contributed by atoms with Crippen LogP contribution in [0.5, 0.6) is 5.75 Å². The van der Waals surface area contributed by atoms with E-state index in [9.17, 15) is 4.79 Å². The largest absolute Gasteiger partial charge is 0.496 e. The van der Waals surface area contributed by atoms with E-state index >= 15 is 0 Å². The molecule has 24 heavy (non-hydrogen) atoms. The van der Waals surface area contributed by atoms with E-state index in [0.29, 0.717) is 16.4 Å². The number of rotatable bonds is 3. The summed E-state index contributed by atoms with van der Waals surface area (Å²) >= 11 is 3.48. The molecule has 0 heterocycles. The molecule has 4 heteroatoms. The summed E-state index contributed by atoms with van der Waals surface area (Å²) in [7, 11) is 1.64. The van der Waals surface area contributed by atoms with Gasteiger partial charge in [0.1, 0.15) is 5.75 Å². The smallest absolute Gasteiger partial charge is 0.251 e. The van der Waals surface area contributed by atoms with E-state index in [1.807, 2.05) is 18.2 Å². The maximum Gasteiger partial charge on any atom is 0.251 e.